The zero-order valence-electron chi connectivity index (χ0n) is 11.7. The molecule has 4 heteroatoms. The topological polar surface area (TPSA) is 34.2 Å². The van der Waals surface area contributed by atoms with Gasteiger partial charge in [-0.2, -0.15) is 0 Å². The van der Waals surface area contributed by atoms with Crippen molar-refractivity contribution in [3.63, 3.8) is 0 Å². The molecule has 1 fully saturated rings. The van der Waals surface area contributed by atoms with Crippen LogP contribution >= 0.6 is 11.3 Å². The third-order valence-electron chi connectivity index (χ3n) is 3.70. The van der Waals surface area contributed by atoms with Crippen LogP contribution < -0.4 is 5.32 Å². The standard InChI is InChI=1S/C16H20N2OS/c1-12(15-8-5-9-19-15)17-10-14-11-18-16(20-14)13-6-3-2-4-7-13/h2-4,6-7,11-12,15,17H,5,8-10H2,1H3/t12-,15-/m1/s1. The highest BCUT2D eigenvalue weighted by Crippen LogP contribution is 2.25. The second-order valence-electron chi connectivity index (χ2n) is 5.22. The van der Waals surface area contributed by atoms with Crippen molar-refractivity contribution in [2.45, 2.75) is 38.5 Å². The summed E-state index contributed by atoms with van der Waals surface area (Å²) in [6, 6.07) is 10.7. The molecule has 1 aliphatic rings. The van der Waals surface area contributed by atoms with Crippen molar-refractivity contribution in [3.05, 3.63) is 41.4 Å². The maximum Gasteiger partial charge on any atom is 0.123 e. The third-order valence-corrected chi connectivity index (χ3v) is 4.74. The minimum Gasteiger partial charge on any atom is -0.377 e. The molecule has 0 saturated carbocycles. The van der Waals surface area contributed by atoms with Gasteiger partial charge in [0.25, 0.3) is 0 Å². The molecule has 106 valence electrons. The third kappa shape index (κ3) is 3.26. The molecule has 0 bridgehead atoms. The first kappa shape index (κ1) is 13.7. The molecule has 3 rings (SSSR count). The van der Waals surface area contributed by atoms with Gasteiger partial charge in [0.15, 0.2) is 0 Å². The fourth-order valence-electron chi connectivity index (χ4n) is 2.49. The van der Waals surface area contributed by atoms with Crippen LogP contribution in [0.2, 0.25) is 0 Å². The minimum absolute atomic E-state index is 0.372. The Morgan fingerprint density at radius 3 is 3.00 bits per heavy atom. The molecule has 1 saturated heterocycles. The monoisotopic (exact) mass is 288 g/mol. The fraction of sp³-hybridized carbons (Fsp3) is 0.438. The normalized spacial score (nSPS) is 20.1. The second kappa shape index (κ2) is 6.48. The fourth-order valence-corrected chi connectivity index (χ4v) is 3.36. The average molecular weight is 288 g/mol. The molecule has 2 aromatic rings. The number of ether oxygens (including phenoxy) is 1. The molecule has 1 aromatic heterocycles. The lowest BCUT2D eigenvalue weighted by atomic mass is 10.1. The highest BCUT2D eigenvalue weighted by molar-refractivity contribution is 7.15. The summed E-state index contributed by atoms with van der Waals surface area (Å²) in [5.41, 5.74) is 1.19. The minimum atomic E-state index is 0.372. The van der Waals surface area contributed by atoms with Crippen molar-refractivity contribution in [2.75, 3.05) is 6.61 Å². The lowest BCUT2D eigenvalue weighted by Crippen LogP contribution is -2.36. The molecule has 1 aromatic carbocycles. The van der Waals surface area contributed by atoms with Crippen LogP contribution in [0.25, 0.3) is 10.6 Å². The van der Waals surface area contributed by atoms with Crippen LogP contribution in [0, 0.1) is 0 Å². The molecule has 2 heterocycles. The number of hydrogen-bond donors (Lipinski definition) is 1. The summed E-state index contributed by atoms with van der Waals surface area (Å²) in [6.45, 7) is 3.98. The number of nitrogens with one attached hydrogen (secondary N) is 1. The quantitative estimate of drug-likeness (QED) is 0.915. The molecule has 2 atom stereocenters. The van der Waals surface area contributed by atoms with Crippen molar-refractivity contribution in [1.82, 2.24) is 10.3 Å². The summed E-state index contributed by atoms with van der Waals surface area (Å²) in [7, 11) is 0. The van der Waals surface area contributed by atoms with Crippen LogP contribution in [0.5, 0.6) is 0 Å². The number of rotatable bonds is 5. The number of thiazole rings is 1. The van der Waals surface area contributed by atoms with Crippen molar-refractivity contribution in [1.29, 1.82) is 0 Å². The Morgan fingerprint density at radius 2 is 2.25 bits per heavy atom. The van der Waals surface area contributed by atoms with E-state index in [0.717, 1.165) is 18.2 Å². The van der Waals surface area contributed by atoms with E-state index in [1.54, 1.807) is 11.3 Å². The Labute approximate surface area is 124 Å². The van der Waals surface area contributed by atoms with Gasteiger partial charge in [0.1, 0.15) is 5.01 Å². The molecule has 0 spiro atoms. The van der Waals surface area contributed by atoms with E-state index in [2.05, 4.69) is 29.4 Å². The molecule has 0 aliphatic carbocycles. The van der Waals surface area contributed by atoms with E-state index in [9.17, 15) is 0 Å². The first-order valence-electron chi connectivity index (χ1n) is 7.18. The number of aromatic nitrogens is 1. The predicted octanol–water partition coefficient (Wildman–Crippen LogP) is 3.47. The Bertz CT molecular complexity index is 534. The predicted molar refractivity (Wildman–Crippen MR) is 82.8 cm³/mol. The molecule has 3 nitrogen and oxygen atoms in total. The number of nitrogens with zero attached hydrogens (tertiary/aromatic N) is 1. The smallest absolute Gasteiger partial charge is 0.123 e. The van der Waals surface area contributed by atoms with Crippen LogP contribution in [0.15, 0.2) is 36.5 Å². The van der Waals surface area contributed by atoms with Gasteiger partial charge >= 0.3 is 0 Å². The highest BCUT2D eigenvalue weighted by Gasteiger charge is 2.21. The highest BCUT2D eigenvalue weighted by atomic mass is 32.1. The van der Waals surface area contributed by atoms with Gasteiger partial charge in [0.05, 0.1) is 6.10 Å². The SMILES string of the molecule is C[C@@H](NCc1cnc(-c2ccccc2)s1)[C@H]1CCCO1. The Balaban J connectivity index is 1.57. The van der Waals surface area contributed by atoms with E-state index in [4.69, 9.17) is 4.74 Å². The van der Waals surface area contributed by atoms with E-state index in [1.807, 2.05) is 24.4 Å². The van der Waals surface area contributed by atoms with Crippen molar-refractivity contribution >= 4 is 11.3 Å². The molecule has 0 radical (unpaired) electrons. The summed E-state index contributed by atoms with van der Waals surface area (Å²) in [6.07, 6.45) is 4.71. The summed E-state index contributed by atoms with van der Waals surface area (Å²) in [5, 5.41) is 4.64. The van der Waals surface area contributed by atoms with Crippen molar-refractivity contribution < 1.29 is 4.74 Å². The summed E-state index contributed by atoms with van der Waals surface area (Å²) >= 11 is 1.76. The van der Waals surface area contributed by atoms with E-state index in [1.165, 1.54) is 23.3 Å². The zero-order chi connectivity index (χ0) is 13.8. The van der Waals surface area contributed by atoms with E-state index in [-0.39, 0.29) is 0 Å². The largest absolute Gasteiger partial charge is 0.377 e. The van der Waals surface area contributed by atoms with Gasteiger partial charge in [0.2, 0.25) is 0 Å². The molecule has 1 N–H and O–H groups in total. The Morgan fingerprint density at radius 1 is 1.40 bits per heavy atom. The van der Waals surface area contributed by atoms with Gasteiger partial charge < -0.3 is 10.1 Å². The number of benzene rings is 1. The summed E-state index contributed by atoms with van der Waals surface area (Å²) < 4.78 is 5.70. The average Bonchev–Trinajstić information content (AvgIpc) is 3.17. The Kier molecular flexibility index (Phi) is 4.45. The molecular formula is C16H20N2OS. The maximum absolute atomic E-state index is 5.70. The zero-order valence-corrected chi connectivity index (χ0v) is 12.5. The van der Waals surface area contributed by atoms with Crippen LogP contribution in [0.3, 0.4) is 0 Å². The van der Waals surface area contributed by atoms with Crippen molar-refractivity contribution in [3.8, 4) is 10.6 Å². The van der Waals surface area contributed by atoms with Gasteiger partial charge in [-0.15, -0.1) is 11.3 Å². The lowest BCUT2D eigenvalue weighted by Gasteiger charge is -2.19. The van der Waals surface area contributed by atoms with Crippen LogP contribution in [-0.4, -0.2) is 23.7 Å². The van der Waals surface area contributed by atoms with E-state index < -0.39 is 0 Å². The second-order valence-corrected chi connectivity index (χ2v) is 6.33. The van der Waals surface area contributed by atoms with Crippen molar-refractivity contribution in [2.24, 2.45) is 0 Å². The van der Waals surface area contributed by atoms with Gasteiger partial charge in [-0.05, 0) is 19.8 Å². The molecule has 0 amide bonds. The first-order chi connectivity index (χ1) is 9.83. The van der Waals surface area contributed by atoms with Gasteiger partial charge in [-0.25, -0.2) is 4.98 Å². The maximum atomic E-state index is 5.70. The van der Waals surface area contributed by atoms with Gasteiger partial charge in [-0.3, -0.25) is 0 Å². The summed E-state index contributed by atoms with van der Waals surface area (Å²) in [5.74, 6) is 0. The lowest BCUT2D eigenvalue weighted by molar-refractivity contribution is 0.0833. The van der Waals surface area contributed by atoms with Crippen LogP contribution in [-0.2, 0) is 11.3 Å². The van der Waals surface area contributed by atoms with Gasteiger partial charge in [0, 0.05) is 35.8 Å². The van der Waals surface area contributed by atoms with Crippen LogP contribution in [0.1, 0.15) is 24.6 Å². The summed E-state index contributed by atoms with van der Waals surface area (Å²) in [4.78, 5) is 5.78. The first-order valence-corrected chi connectivity index (χ1v) is 8.00. The molecular weight excluding hydrogens is 268 g/mol. The molecule has 20 heavy (non-hydrogen) atoms. The number of hydrogen-bond acceptors (Lipinski definition) is 4. The molecule has 0 unspecified atom stereocenters. The van der Waals surface area contributed by atoms with E-state index >= 15 is 0 Å². The Hall–Kier alpha value is -1.23. The van der Waals surface area contributed by atoms with Gasteiger partial charge in [-0.1, -0.05) is 30.3 Å². The molecule has 1 aliphatic heterocycles. The van der Waals surface area contributed by atoms with Crippen LogP contribution in [0.4, 0.5) is 0 Å². The van der Waals surface area contributed by atoms with E-state index in [0.29, 0.717) is 12.1 Å².